The van der Waals surface area contributed by atoms with E-state index >= 15 is 0 Å². The van der Waals surface area contributed by atoms with Gasteiger partial charge in [-0.05, 0) is 52.8 Å². The number of methoxy groups -OCH3 is 1. The van der Waals surface area contributed by atoms with E-state index in [9.17, 15) is 9.59 Å². The lowest BCUT2D eigenvalue weighted by molar-refractivity contribution is -0.144. The van der Waals surface area contributed by atoms with Crippen molar-refractivity contribution in [3.63, 3.8) is 0 Å². The Labute approximate surface area is 199 Å². The molecule has 1 saturated carbocycles. The van der Waals surface area contributed by atoms with Crippen molar-refractivity contribution < 1.29 is 19.5 Å². The average Bonchev–Trinajstić information content (AvgIpc) is 3.63. The van der Waals surface area contributed by atoms with Crippen LogP contribution in [0.4, 0.5) is 0 Å². The first kappa shape index (κ1) is 23.4. The van der Waals surface area contributed by atoms with Crippen LogP contribution in [0.15, 0.2) is 84.9 Å². The summed E-state index contributed by atoms with van der Waals surface area (Å²) in [6, 6.07) is 26.2. The molecule has 1 fully saturated rings. The van der Waals surface area contributed by atoms with E-state index in [0.717, 1.165) is 34.2 Å². The van der Waals surface area contributed by atoms with Crippen LogP contribution in [0.25, 0.3) is 17.2 Å². The number of hydrogen-bond acceptors (Lipinski definition) is 5. The van der Waals surface area contributed by atoms with Gasteiger partial charge in [-0.25, -0.2) is 5.48 Å². The lowest BCUT2D eigenvalue weighted by Crippen LogP contribution is -2.28. The van der Waals surface area contributed by atoms with Crippen molar-refractivity contribution in [2.24, 2.45) is 5.92 Å². The van der Waals surface area contributed by atoms with Gasteiger partial charge in [0.1, 0.15) is 0 Å². The standard InChI is InChI=1S/C28H28N2O4/c1-34-27(32)28(24-14-12-23(13-15-24)22-5-3-2-4-6-22)17-25(28)19-29-18-21-9-7-20(8-10-21)11-16-26(31)30-33/h2-16,25,29,33H,17-19H2,1H3,(H,30,31)/b16-11+/t25-,28-/m1/s1. The summed E-state index contributed by atoms with van der Waals surface area (Å²) in [5.41, 5.74) is 6.18. The molecule has 3 aromatic carbocycles. The minimum Gasteiger partial charge on any atom is -0.468 e. The highest BCUT2D eigenvalue weighted by Gasteiger charge is 2.61. The molecule has 0 spiro atoms. The van der Waals surface area contributed by atoms with E-state index in [-0.39, 0.29) is 11.9 Å². The van der Waals surface area contributed by atoms with E-state index in [1.807, 2.05) is 54.6 Å². The molecular weight excluding hydrogens is 428 g/mol. The maximum absolute atomic E-state index is 12.8. The van der Waals surface area contributed by atoms with Gasteiger partial charge in [-0.1, -0.05) is 78.9 Å². The van der Waals surface area contributed by atoms with E-state index in [1.54, 1.807) is 11.6 Å². The number of hydroxylamine groups is 1. The highest BCUT2D eigenvalue weighted by Crippen LogP contribution is 2.55. The second kappa shape index (κ2) is 10.5. The number of hydrogen-bond donors (Lipinski definition) is 3. The average molecular weight is 457 g/mol. The van der Waals surface area contributed by atoms with Gasteiger partial charge >= 0.3 is 5.97 Å². The number of carbonyl (C=O) groups excluding carboxylic acids is 2. The Morgan fingerprint density at radius 3 is 2.32 bits per heavy atom. The Bertz CT molecular complexity index is 1160. The molecule has 6 nitrogen and oxygen atoms in total. The van der Waals surface area contributed by atoms with Crippen molar-refractivity contribution >= 4 is 18.0 Å². The summed E-state index contributed by atoms with van der Waals surface area (Å²) >= 11 is 0. The van der Waals surface area contributed by atoms with Crippen LogP contribution in [0, 0.1) is 5.92 Å². The summed E-state index contributed by atoms with van der Waals surface area (Å²) in [6.45, 7) is 1.37. The second-order valence-corrected chi connectivity index (χ2v) is 8.49. The summed E-state index contributed by atoms with van der Waals surface area (Å²) < 4.78 is 5.19. The van der Waals surface area contributed by atoms with E-state index in [1.165, 1.54) is 13.2 Å². The fourth-order valence-corrected chi connectivity index (χ4v) is 4.42. The third-order valence-corrected chi connectivity index (χ3v) is 6.40. The van der Waals surface area contributed by atoms with Gasteiger partial charge in [0.25, 0.3) is 5.91 Å². The van der Waals surface area contributed by atoms with Crippen LogP contribution in [0.3, 0.4) is 0 Å². The first-order valence-electron chi connectivity index (χ1n) is 11.2. The zero-order chi connectivity index (χ0) is 24.0. The predicted molar refractivity (Wildman–Crippen MR) is 131 cm³/mol. The third-order valence-electron chi connectivity index (χ3n) is 6.40. The summed E-state index contributed by atoms with van der Waals surface area (Å²) in [6.07, 6.45) is 3.65. The number of carbonyl (C=O) groups is 2. The Morgan fingerprint density at radius 2 is 1.68 bits per heavy atom. The summed E-state index contributed by atoms with van der Waals surface area (Å²) in [7, 11) is 1.45. The van der Waals surface area contributed by atoms with Crippen molar-refractivity contribution in [1.29, 1.82) is 0 Å². The van der Waals surface area contributed by atoms with Crippen LogP contribution in [-0.2, 0) is 26.3 Å². The molecule has 6 heteroatoms. The predicted octanol–water partition coefficient (Wildman–Crippen LogP) is 4.09. The van der Waals surface area contributed by atoms with Gasteiger partial charge < -0.3 is 10.1 Å². The number of nitrogens with one attached hydrogen (secondary N) is 2. The van der Waals surface area contributed by atoms with Crippen LogP contribution in [0.1, 0.15) is 23.1 Å². The summed E-state index contributed by atoms with van der Waals surface area (Å²) in [4.78, 5) is 23.8. The smallest absolute Gasteiger partial charge is 0.316 e. The number of amides is 1. The fraction of sp³-hybridized carbons (Fsp3) is 0.214. The molecule has 0 aromatic heterocycles. The van der Waals surface area contributed by atoms with Crippen molar-refractivity contribution in [3.8, 4) is 11.1 Å². The molecule has 1 amide bonds. The fourth-order valence-electron chi connectivity index (χ4n) is 4.42. The van der Waals surface area contributed by atoms with Gasteiger partial charge in [0, 0.05) is 12.6 Å². The van der Waals surface area contributed by atoms with Gasteiger partial charge in [0.2, 0.25) is 0 Å². The molecule has 0 saturated heterocycles. The van der Waals surface area contributed by atoms with E-state index in [4.69, 9.17) is 9.94 Å². The van der Waals surface area contributed by atoms with Crippen molar-refractivity contribution in [3.05, 3.63) is 102 Å². The van der Waals surface area contributed by atoms with E-state index in [0.29, 0.717) is 13.1 Å². The molecule has 3 aromatic rings. The van der Waals surface area contributed by atoms with E-state index in [2.05, 4.69) is 29.6 Å². The van der Waals surface area contributed by atoms with Crippen LogP contribution in [0.5, 0.6) is 0 Å². The molecule has 174 valence electrons. The maximum atomic E-state index is 12.8. The minimum atomic E-state index is -0.598. The number of ether oxygens (including phenoxy) is 1. The van der Waals surface area contributed by atoms with Gasteiger partial charge in [-0.3, -0.25) is 14.8 Å². The monoisotopic (exact) mass is 456 g/mol. The highest BCUT2D eigenvalue weighted by molar-refractivity contribution is 5.90. The Hall–Kier alpha value is -3.74. The zero-order valence-electron chi connectivity index (χ0n) is 19.0. The Balaban J connectivity index is 1.37. The zero-order valence-corrected chi connectivity index (χ0v) is 19.0. The summed E-state index contributed by atoms with van der Waals surface area (Å²) in [5.74, 6) is -0.587. The van der Waals surface area contributed by atoms with Crippen molar-refractivity contribution in [2.45, 2.75) is 18.4 Å². The van der Waals surface area contributed by atoms with Gasteiger partial charge in [-0.15, -0.1) is 0 Å². The van der Waals surface area contributed by atoms with Gasteiger partial charge in [0.15, 0.2) is 0 Å². The SMILES string of the molecule is COC(=O)[C@@]1(c2ccc(-c3ccccc3)cc2)C[C@@H]1CNCc1ccc(/C=C/C(=O)NO)cc1. The second-order valence-electron chi connectivity index (χ2n) is 8.49. The molecule has 34 heavy (non-hydrogen) atoms. The van der Waals surface area contributed by atoms with Gasteiger partial charge in [0.05, 0.1) is 12.5 Å². The molecule has 2 atom stereocenters. The first-order chi connectivity index (χ1) is 16.6. The number of rotatable bonds is 9. The Morgan fingerprint density at radius 1 is 1.00 bits per heavy atom. The molecule has 1 aliphatic rings. The lowest BCUT2D eigenvalue weighted by Gasteiger charge is -2.17. The minimum absolute atomic E-state index is 0.168. The van der Waals surface area contributed by atoms with E-state index < -0.39 is 11.3 Å². The molecule has 1 aliphatic carbocycles. The number of benzene rings is 3. The van der Waals surface area contributed by atoms with Crippen LogP contribution < -0.4 is 10.8 Å². The maximum Gasteiger partial charge on any atom is 0.316 e. The Kier molecular flexibility index (Phi) is 7.21. The topological polar surface area (TPSA) is 87.7 Å². The molecule has 0 aliphatic heterocycles. The van der Waals surface area contributed by atoms with Crippen LogP contribution in [-0.4, -0.2) is 30.7 Å². The molecule has 0 heterocycles. The van der Waals surface area contributed by atoms with Crippen LogP contribution >= 0.6 is 0 Å². The molecular formula is C28H28N2O4. The molecule has 3 N–H and O–H groups in total. The quantitative estimate of drug-likeness (QED) is 0.195. The molecule has 4 rings (SSSR count). The highest BCUT2D eigenvalue weighted by atomic mass is 16.5. The molecule has 0 radical (unpaired) electrons. The molecule has 0 unspecified atom stereocenters. The van der Waals surface area contributed by atoms with Gasteiger partial charge in [-0.2, -0.15) is 0 Å². The first-order valence-corrected chi connectivity index (χ1v) is 11.2. The molecule has 0 bridgehead atoms. The largest absolute Gasteiger partial charge is 0.468 e. The number of esters is 1. The van der Waals surface area contributed by atoms with Crippen molar-refractivity contribution in [2.75, 3.05) is 13.7 Å². The van der Waals surface area contributed by atoms with Crippen molar-refractivity contribution in [1.82, 2.24) is 10.8 Å². The lowest BCUT2D eigenvalue weighted by atomic mass is 9.91. The third kappa shape index (κ3) is 5.09. The summed E-state index contributed by atoms with van der Waals surface area (Å²) in [5, 5.41) is 12.0. The van der Waals surface area contributed by atoms with Crippen LogP contribution in [0.2, 0.25) is 0 Å². The normalized spacial score (nSPS) is 19.1.